The van der Waals surface area contributed by atoms with Gasteiger partial charge in [-0.2, -0.15) is 4.31 Å². The normalized spacial score (nSPS) is 15.6. The summed E-state index contributed by atoms with van der Waals surface area (Å²) in [5, 5.41) is 2.89. The molecule has 30 heavy (non-hydrogen) atoms. The van der Waals surface area contributed by atoms with E-state index in [0.29, 0.717) is 36.2 Å². The van der Waals surface area contributed by atoms with Gasteiger partial charge in [-0.25, -0.2) is 8.42 Å². The molecule has 0 aromatic heterocycles. The molecule has 1 amide bonds. The first-order chi connectivity index (χ1) is 14.3. The lowest BCUT2D eigenvalue weighted by molar-refractivity contribution is 0.102. The number of hydrogen-bond donors (Lipinski definition) is 1. The van der Waals surface area contributed by atoms with Crippen LogP contribution in [-0.4, -0.2) is 45.9 Å². The standard InChI is InChI=1S/C21H25ClN2O5S/c1-14-8-10-24(11-9-14)30(26,27)16-5-6-18(22)17(13-16)21(25)23-15-4-7-19(28-2)20(12-15)29-3/h4-7,12-14H,8-11H2,1-3H3,(H,23,25). The van der Waals surface area contributed by atoms with Gasteiger partial charge in [0, 0.05) is 24.8 Å². The van der Waals surface area contributed by atoms with Gasteiger partial charge in [-0.05, 0) is 49.1 Å². The molecule has 2 aromatic rings. The summed E-state index contributed by atoms with van der Waals surface area (Å²) in [4.78, 5) is 12.9. The molecule has 2 aromatic carbocycles. The molecule has 1 saturated heterocycles. The van der Waals surface area contributed by atoms with Crippen molar-refractivity contribution in [3.05, 3.63) is 47.0 Å². The van der Waals surface area contributed by atoms with Crippen LogP contribution in [0.25, 0.3) is 0 Å². The van der Waals surface area contributed by atoms with Crippen molar-refractivity contribution in [1.29, 1.82) is 0 Å². The third kappa shape index (κ3) is 4.71. The highest BCUT2D eigenvalue weighted by molar-refractivity contribution is 7.89. The van der Waals surface area contributed by atoms with Gasteiger partial charge in [0.2, 0.25) is 10.0 Å². The molecule has 1 heterocycles. The highest BCUT2D eigenvalue weighted by Gasteiger charge is 2.29. The zero-order valence-electron chi connectivity index (χ0n) is 17.1. The van der Waals surface area contributed by atoms with Crippen LogP contribution < -0.4 is 14.8 Å². The monoisotopic (exact) mass is 452 g/mol. The smallest absolute Gasteiger partial charge is 0.257 e. The molecule has 1 fully saturated rings. The first kappa shape index (κ1) is 22.4. The van der Waals surface area contributed by atoms with Gasteiger partial charge in [0.1, 0.15) is 0 Å². The molecule has 1 aliphatic heterocycles. The molecular weight excluding hydrogens is 428 g/mol. The molecule has 162 valence electrons. The number of rotatable bonds is 6. The topological polar surface area (TPSA) is 84.9 Å². The van der Waals surface area contributed by atoms with Gasteiger partial charge in [0.25, 0.3) is 5.91 Å². The number of halogens is 1. The van der Waals surface area contributed by atoms with E-state index in [2.05, 4.69) is 12.2 Å². The fraction of sp³-hybridized carbons (Fsp3) is 0.381. The molecule has 9 heteroatoms. The highest BCUT2D eigenvalue weighted by atomic mass is 35.5. The minimum atomic E-state index is -3.69. The van der Waals surface area contributed by atoms with Gasteiger partial charge in [0.15, 0.2) is 11.5 Å². The Morgan fingerprint density at radius 1 is 1.07 bits per heavy atom. The second-order valence-electron chi connectivity index (χ2n) is 7.25. The molecule has 3 rings (SSSR count). The van der Waals surface area contributed by atoms with Crippen molar-refractivity contribution in [2.45, 2.75) is 24.7 Å². The number of methoxy groups -OCH3 is 2. The molecule has 0 spiro atoms. The van der Waals surface area contributed by atoms with Crippen molar-refractivity contribution in [2.75, 3.05) is 32.6 Å². The summed E-state index contributed by atoms with van der Waals surface area (Å²) >= 11 is 6.20. The van der Waals surface area contributed by atoms with E-state index < -0.39 is 15.9 Å². The quantitative estimate of drug-likeness (QED) is 0.715. The van der Waals surface area contributed by atoms with Crippen LogP contribution in [0.15, 0.2) is 41.3 Å². The van der Waals surface area contributed by atoms with E-state index in [1.807, 2.05) is 0 Å². The Kier molecular flexibility index (Phi) is 6.90. The van der Waals surface area contributed by atoms with Crippen LogP contribution in [-0.2, 0) is 10.0 Å². The maximum atomic E-state index is 13.0. The third-order valence-electron chi connectivity index (χ3n) is 5.20. The van der Waals surface area contributed by atoms with E-state index in [1.54, 1.807) is 18.2 Å². The Morgan fingerprint density at radius 3 is 2.37 bits per heavy atom. The van der Waals surface area contributed by atoms with Crippen molar-refractivity contribution in [2.24, 2.45) is 5.92 Å². The first-order valence-corrected chi connectivity index (χ1v) is 11.4. The van der Waals surface area contributed by atoms with Crippen molar-refractivity contribution in [3.8, 4) is 11.5 Å². The lowest BCUT2D eigenvalue weighted by Gasteiger charge is -2.29. The van der Waals surface area contributed by atoms with Crippen LogP contribution in [0, 0.1) is 5.92 Å². The van der Waals surface area contributed by atoms with Crippen LogP contribution in [0.4, 0.5) is 5.69 Å². The Bertz CT molecular complexity index is 1030. The van der Waals surface area contributed by atoms with Crippen LogP contribution in [0.1, 0.15) is 30.1 Å². The second kappa shape index (κ2) is 9.24. The molecule has 0 aliphatic carbocycles. The number of hydrogen-bond acceptors (Lipinski definition) is 5. The number of ether oxygens (including phenoxy) is 2. The molecular formula is C21H25ClN2O5S. The SMILES string of the molecule is COc1ccc(NC(=O)c2cc(S(=O)(=O)N3CCC(C)CC3)ccc2Cl)cc1OC. The predicted octanol–water partition coefficient (Wildman–Crippen LogP) is 4.03. The van der Waals surface area contributed by atoms with Crippen LogP contribution in [0.3, 0.4) is 0 Å². The number of sulfonamides is 1. The Labute approximate surface area is 182 Å². The van der Waals surface area contributed by atoms with E-state index in [4.69, 9.17) is 21.1 Å². The summed E-state index contributed by atoms with van der Waals surface area (Å²) in [5.74, 6) is 0.968. The molecule has 7 nitrogen and oxygen atoms in total. The van der Waals surface area contributed by atoms with Crippen molar-refractivity contribution < 1.29 is 22.7 Å². The van der Waals surface area contributed by atoms with Gasteiger partial charge in [-0.15, -0.1) is 0 Å². The predicted molar refractivity (Wildman–Crippen MR) is 116 cm³/mol. The van der Waals surface area contributed by atoms with Gasteiger partial charge in [-0.1, -0.05) is 18.5 Å². The fourth-order valence-corrected chi connectivity index (χ4v) is 5.03. The molecule has 0 saturated carbocycles. The van der Waals surface area contributed by atoms with Crippen molar-refractivity contribution in [1.82, 2.24) is 4.31 Å². The zero-order valence-corrected chi connectivity index (χ0v) is 18.7. The van der Waals surface area contributed by atoms with Gasteiger partial charge >= 0.3 is 0 Å². The number of piperidine rings is 1. The van der Waals surface area contributed by atoms with Gasteiger partial charge in [-0.3, -0.25) is 4.79 Å². The molecule has 0 bridgehead atoms. The highest BCUT2D eigenvalue weighted by Crippen LogP contribution is 2.31. The van der Waals surface area contributed by atoms with Crippen molar-refractivity contribution in [3.63, 3.8) is 0 Å². The summed E-state index contributed by atoms with van der Waals surface area (Å²) in [6, 6.07) is 9.12. The molecule has 0 radical (unpaired) electrons. The number of nitrogens with one attached hydrogen (secondary N) is 1. The summed E-state index contributed by atoms with van der Waals surface area (Å²) in [6.45, 7) is 3.06. The minimum Gasteiger partial charge on any atom is -0.493 e. The number of anilines is 1. The fourth-order valence-electron chi connectivity index (χ4n) is 3.33. The summed E-state index contributed by atoms with van der Waals surface area (Å²) < 4.78 is 37.9. The lowest BCUT2D eigenvalue weighted by Crippen LogP contribution is -2.37. The van der Waals surface area contributed by atoms with E-state index >= 15 is 0 Å². The van der Waals surface area contributed by atoms with Crippen LogP contribution in [0.2, 0.25) is 5.02 Å². The maximum absolute atomic E-state index is 13.0. The number of benzene rings is 2. The van der Waals surface area contributed by atoms with E-state index in [9.17, 15) is 13.2 Å². The summed E-state index contributed by atoms with van der Waals surface area (Å²) in [6.07, 6.45) is 1.64. The molecule has 1 aliphatic rings. The number of carbonyl (C=O) groups excluding carboxylic acids is 1. The Hall–Kier alpha value is -2.29. The van der Waals surface area contributed by atoms with Gasteiger partial charge < -0.3 is 14.8 Å². The maximum Gasteiger partial charge on any atom is 0.257 e. The van der Waals surface area contributed by atoms with Gasteiger partial charge in [0.05, 0.1) is 29.7 Å². The largest absolute Gasteiger partial charge is 0.493 e. The average molecular weight is 453 g/mol. The third-order valence-corrected chi connectivity index (χ3v) is 7.43. The number of amides is 1. The van der Waals surface area contributed by atoms with E-state index in [1.165, 1.54) is 36.7 Å². The van der Waals surface area contributed by atoms with Crippen molar-refractivity contribution >= 4 is 33.2 Å². The summed E-state index contributed by atoms with van der Waals surface area (Å²) in [7, 11) is -0.678. The summed E-state index contributed by atoms with van der Waals surface area (Å²) in [5.41, 5.74) is 0.546. The minimum absolute atomic E-state index is 0.0546. The molecule has 0 unspecified atom stereocenters. The lowest BCUT2D eigenvalue weighted by atomic mass is 10.0. The van der Waals surface area contributed by atoms with Crippen LogP contribution >= 0.6 is 11.6 Å². The first-order valence-electron chi connectivity index (χ1n) is 9.59. The zero-order chi connectivity index (χ0) is 21.9. The molecule has 1 N–H and O–H groups in total. The number of nitrogens with zero attached hydrogens (tertiary/aromatic N) is 1. The van der Waals surface area contributed by atoms with Crippen LogP contribution in [0.5, 0.6) is 11.5 Å². The number of carbonyl (C=O) groups is 1. The van der Waals surface area contributed by atoms with E-state index in [-0.39, 0.29) is 15.5 Å². The molecule has 0 atom stereocenters. The second-order valence-corrected chi connectivity index (χ2v) is 9.60. The Morgan fingerprint density at radius 2 is 1.73 bits per heavy atom. The Balaban J connectivity index is 1.85. The van der Waals surface area contributed by atoms with E-state index in [0.717, 1.165) is 12.8 Å². The average Bonchev–Trinajstić information content (AvgIpc) is 2.74.